The molecule has 2 atom stereocenters. The quantitative estimate of drug-likeness (QED) is 0.902. The van der Waals surface area contributed by atoms with Crippen molar-refractivity contribution in [2.75, 3.05) is 38.8 Å². The Morgan fingerprint density at radius 3 is 2.90 bits per heavy atom. The van der Waals surface area contributed by atoms with Gasteiger partial charge >= 0.3 is 0 Å². The maximum atomic E-state index is 14.0. The molecule has 1 saturated heterocycles. The van der Waals surface area contributed by atoms with Gasteiger partial charge in [0.1, 0.15) is 5.82 Å². The third-order valence-corrected chi connectivity index (χ3v) is 4.47. The van der Waals surface area contributed by atoms with Crippen LogP contribution in [0.1, 0.15) is 36.9 Å². The molecule has 0 spiro atoms. The SMILES string of the molecule is CNC(C)c1cc(F)c(C)cc1N1CCCC(COC)C1. The largest absolute Gasteiger partial charge is 0.384 e. The van der Waals surface area contributed by atoms with Crippen molar-refractivity contribution in [3.05, 3.63) is 29.1 Å². The lowest BCUT2D eigenvalue weighted by atomic mass is 9.95. The predicted molar refractivity (Wildman–Crippen MR) is 85.4 cm³/mol. The summed E-state index contributed by atoms with van der Waals surface area (Å²) < 4.78 is 19.3. The van der Waals surface area contributed by atoms with Crippen LogP contribution in [0.25, 0.3) is 0 Å². The number of anilines is 1. The van der Waals surface area contributed by atoms with E-state index >= 15 is 0 Å². The molecule has 0 aliphatic carbocycles. The zero-order chi connectivity index (χ0) is 15.4. The average molecular weight is 294 g/mol. The minimum Gasteiger partial charge on any atom is -0.384 e. The molecule has 4 heteroatoms. The molecule has 1 N–H and O–H groups in total. The summed E-state index contributed by atoms with van der Waals surface area (Å²) in [4.78, 5) is 2.39. The van der Waals surface area contributed by atoms with Gasteiger partial charge in [0.25, 0.3) is 0 Å². The highest BCUT2D eigenvalue weighted by Gasteiger charge is 2.23. The van der Waals surface area contributed by atoms with E-state index in [-0.39, 0.29) is 11.9 Å². The molecule has 1 aromatic rings. The molecule has 0 aromatic heterocycles. The molecule has 1 aliphatic heterocycles. The molecular weight excluding hydrogens is 267 g/mol. The summed E-state index contributed by atoms with van der Waals surface area (Å²) in [5.74, 6) is 0.438. The summed E-state index contributed by atoms with van der Waals surface area (Å²) in [5, 5.41) is 3.23. The maximum Gasteiger partial charge on any atom is 0.126 e. The van der Waals surface area contributed by atoms with E-state index < -0.39 is 0 Å². The van der Waals surface area contributed by atoms with Crippen LogP contribution in [0.5, 0.6) is 0 Å². The Balaban J connectivity index is 2.30. The zero-order valence-electron chi connectivity index (χ0n) is 13.6. The number of halogens is 1. The summed E-state index contributed by atoms with van der Waals surface area (Å²) in [6.45, 7) is 6.73. The number of methoxy groups -OCH3 is 1. The molecule has 1 aromatic carbocycles. The van der Waals surface area contributed by atoms with Crippen LogP contribution >= 0.6 is 0 Å². The number of aryl methyl sites for hydroxylation is 1. The number of hydrogen-bond donors (Lipinski definition) is 1. The fourth-order valence-electron chi connectivity index (χ4n) is 3.11. The van der Waals surface area contributed by atoms with Gasteiger partial charge in [0.05, 0.1) is 6.61 Å². The first-order valence-electron chi connectivity index (χ1n) is 7.78. The zero-order valence-corrected chi connectivity index (χ0v) is 13.6. The van der Waals surface area contributed by atoms with Gasteiger partial charge in [-0.05, 0) is 62.9 Å². The van der Waals surface area contributed by atoms with Gasteiger partial charge in [0, 0.05) is 31.9 Å². The van der Waals surface area contributed by atoms with Crippen LogP contribution in [-0.4, -0.2) is 33.9 Å². The third kappa shape index (κ3) is 3.74. The second-order valence-corrected chi connectivity index (χ2v) is 6.08. The molecule has 1 aliphatic rings. The van der Waals surface area contributed by atoms with Gasteiger partial charge in [0.15, 0.2) is 0 Å². The van der Waals surface area contributed by atoms with Gasteiger partial charge in [0.2, 0.25) is 0 Å². The summed E-state index contributed by atoms with van der Waals surface area (Å²) in [6.07, 6.45) is 2.37. The van der Waals surface area contributed by atoms with Crippen LogP contribution in [-0.2, 0) is 4.74 Å². The van der Waals surface area contributed by atoms with Crippen molar-refractivity contribution >= 4 is 5.69 Å². The molecule has 0 radical (unpaired) electrons. The van der Waals surface area contributed by atoms with Gasteiger partial charge < -0.3 is 15.0 Å². The third-order valence-electron chi connectivity index (χ3n) is 4.47. The first kappa shape index (κ1) is 16.2. The Morgan fingerprint density at radius 2 is 2.24 bits per heavy atom. The van der Waals surface area contributed by atoms with Crippen molar-refractivity contribution < 1.29 is 9.13 Å². The number of rotatable bonds is 5. The van der Waals surface area contributed by atoms with Crippen LogP contribution in [0.15, 0.2) is 12.1 Å². The first-order valence-corrected chi connectivity index (χ1v) is 7.78. The highest BCUT2D eigenvalue weighted by Crippen LogP contribution is 2.32. The Labute approximate surface area is 127 Å². The summed E-state index contributed by atoms with van der Waals surface area (Å²) in [7, 11) is 3.67. The van der Waals surface area contributed by atoms with Gasteiger partial charge in [-0.25, -0.2) is 4.39 Å². The first-order chi connectivity index (χ1) is 10.1. The van der Waals surface area contributed by atoms with E-state index in [2.05, 4.69) is 17.1 Å². The molecule has 1 fully saturated rings. The smallest absolute Gasteiger partial charge is 0.126 e. The maximum absolute atomic E-state index is 14.0. The Kier molecular flexibility index (Phi) is 5.59. The topological polar surface area (TPSA) is 24.5 Å². The Hall–Kier alpha value is -1.13. The van der Waals surface area contributed by atoms with Gasteiger partial charge in [-0.3, -0.25) is 0 Å². The number of nitrogens with one attached hydrogen (secondary N) is 1. The lowest BCUT2D eigenvalue weighted by Crippen LogP contribution is -2.38. The number of hydrogen-bond acceptors (Lipinski definition) is 3. The molecule has 2 rings (SSSR count). The second-order valence-electron chi connectivity index (χ2n) is 6.08. The van der Waals surface area contributed by atoms with E-state index in [0.717, 1.165) is 37.4 Å². The molecule has 2 unspecified atom stereocenters. The van der Waals surface area contributed by atoms with Crippen molar-refractivity contribution in [2.24, 2.45) is 5.92 Å². The molecule has 0 amide bonds. The highest BCUT2D eigenvalue weighted by molar-refractivity contribution is 5.57. The van der Waals surface area contributed by atoms with Crippen LogP contribution < -0.4 is 10.2 Å². The summed E-state index contributed by atoms with van der Waals surface area (Å²) in [6, 6.07) is 3.82. The summed E-state index contributed by atoms with van der Waals surface area (Å²) >= 11 is 0. The molecule has 118 valence electrons. The normalized spacial score (nSPS) is 20.6. The van der Waals surface area contributed by atoms with Gasteiger partial charge in [-0.2, -0.15) is 0 Å². The number of ether oxygens (including phenoxy) is 1. The number of benzene rings is 1. The van der Waals surface area contributed by atoms with Crippen LogP contribution in [0.3, 0.4) is 0 Å². The monoisotopic (exact) mass is 294 g/mol. The van der Waals surface area contributed by atoms with E-state index in [0.29, 0.717) is 11.5 Å². The van der Waals surface area contributed by atoms with Crippen molar-refractivity contribution in [3.63, 3.8) is 0 Å². The fourth-order valence-corrected chi connectivity index (χ4v) is 3.11. The van der Waals surface area contributed by atoms with Crippen molar-refractivity contribution in [2.45, 2.75) is 32.7 Å². The van der Waals surface area contributed by atoms with Gasteiger partial charge in [-0.1, -0.05) is 0 Å². The minimum atomic E-state index is -0.124. The van der Waals surface area contributed by atoms with E-state index in [1.807, 2.05) is 20.0 Å². The minimum absolute atomic E-state index is 0.124. The number of nitrogens with zero attached hydrogens (tertiary/aromatic N) is 1. The van der Waals surface area contributed by atoms with Gasteiger partial charge in [-0.15, -0.1) is 0 Å². The Morgan fingerprint density at radius 1 is 1.48 bits per heavy atom. The molecule has 0 bridgehead atoms. The molecule has 0 saturated carbocycles. The van der Waals surface area contributed by atoms with E-state index in [1.165, 1.54) is 6.42 Å². The lowest BCUT2D eigenvalue weighted by Gasteiger charge is -2.36. The lowest BCUT2D eigenvalue weighted by molar-refractivity contribution is 0.143. The molecular formula is C17H27FN2O. The van der Waals surface area contributed by atoms with Crippen LogP contribution in [0.2, 0.25) is 0 Å². The Bertz CT molecular complexity index is 476. The van der Waals surface area contributed by atoms with E-state index in [4.69, 9.17) is 4.74 Å². The second kappa shape index (κ2) is 7.23. The van der Waals surface area contributed by atoms with E-state index in [9.17, 15) is 4.39 Å². The average Bonchev–Trinajstić information content (AvgIpc) is 2.49. The summed E-state index contributed by atoms with van der Waals surface area (Å²) in [5.41, 5.74) is 2.92. The number of piperidine rings is 1. The molecule has 1 heterocycles. The fraction of sp³-hybridized carbons (Fsp3) is 0.647. The van der Waals surface area contributed by atoms with E-state index in [1.54, 1.807) is 13.2 Å². The predicted octanol–water partition coefficient (Wildman–Crippen LogP) is 3.28. The van der Waals surface area contributed by atoms with Crippen molar-refractivity contribution in [3.8, 4) is 0 Å². The van der Waals surface area contributed by atoms with Crippen molar-refractivity contribution in [1.29, 1.82) is 0 Å². The molecule has 3 nitrogen and oxygen atoms in total. The van der Waals surface area contributed by atoms with Crippen molar-refractivity contribution in [1.82, 2.24) is 5.32 Å². The van der Waals surface area contributed by atoms with Crippen LogP contribution in [0.4, 0.5) is 10.1 Å². The van der Waals surface area contributed by atoms with Crippen LogP contribution in [0, 0.1) is 18.7 Å². The highest BCUT2D eigenvalue weighted by atomic mass is 19.1. The standard InChI is InChI=1S/C17H27FN2O/c1-12-8-17(15(9-16(12)18)13(2)19-3)20-7-5-6-14(10-20)11-21-4/h8-9,13-14,19H,5-7,10-11H2,1-4H3. The molecule has 21 heavy (non-hydrogen) atoms.